The molecule has 0 fully saturated rings. The van der Waals surface area contributed by atoms with Gasteiger partial charge in [0.1, 0.15) is 11.3 Å². The molecule has 1 atom stereocenters. The molecule has 6 nitrogen and oxygen atoms in total. The fourth-order valence-corrected chi connectivity index (χ4v) is 2.00. The third-order valence-electron chi connectivity index (χ3n) is 2.98. The Hall–Kier alpha value is -1.77. The summed E-state index contributed by atoms with van der Waals surface area (Å²) in [4.78, 5) is 13.2. The summed E-state index contributed by atoms with van der Waals surface area (Å²) < 4.78 is 48.1. The number of nitrogens with one attached hydrogen (secondary N) is 1. The first-order valence-corrected chi connectivity index (χ1v) is 6.37. The number of halogens is 3. The van der Waals surface area contributed by atoms with E-state index < -0.39 is 35.1 Å². The quantitative estimate of drug-likeness (QED) is 0.750. The standard InChI is InChI=1S/C12H17F3N2O4/c1-4-17(5-2)8-7(10(18)20-6-3)11(19,12(13,14)15)21-9(8)16/h16,19H,4-6H2,1-3H3. The molecular weight excluding hydrogens is 293 g/mol. The second-order valence-electron chi connectivity index (χ2n) is 4.19. The molecule has 120 valence electrons. The first kappa shape index (κ1) is 17.3. The molecule has 0 aliphatic carbocycles. The highest BCUT2D eigenvalue weighted by Crippen LogP contribution is 2.44. The number of hydrogen-bond donors (Lipinski definition) is 2. The summed E-state index contributed by atoms with van der Waals surface area (Å²) in [6.45, 7) is 4.98. The molecule has 0 aromatic carbocycles. The highest BCUT2D eigenvalue weighted by Gasteiger charge is 2.67. The fraction of sp³-hybridized carbons (Fsp3) is 0.667. The number of aliphatic hydroxyl groups is 1. The van der Waals surface area contributed by atoms with Gasteiger partial charge in [-0.05, 0) is 20.8 Å². The largest absolute Gasteiger partial charge is 0.462 e. The van der Waals surface area contributed by atoms with Crippen molar-refractivity contribution in [3.05, 3.63) is 11.3 Å². The Morgan fingerprint density at radius 2 is 1.90 bits per heavy atom. The average Bonchev–Trinajstić information content (AvgIpc) is 2.64. The van der Waals surface area contributed by atoms with Crippen LogP contribution in [0.5, 0.6) is 0 Å². The molecule has 2 N–H and O–H groups in total. The van der Waals surface area contributed by atoms with Crippen LogP contribution in [0.1, 0.15) is 20.8 Å². The van der Waals surface area contributed by atoms with E-state index in [9.17, 15) is 23.1 Å². The van der Waals surface area contributed by atoms with E-state index in [-0.39, 0.29) is 19.7 Å². The second-order valence-corrected chi connectivity index (χ2v) is 4.19. The summed E-state index contributed by atoms with van der Waals surface area (Å²) in [5.74, 6) is -6.14. The van der Waals surface area contributed by atoms with E-state index in [1.54, 1.807) is 13.8 Å². The maximum atomic E-state index is 13.1. The highest BCUT2D eigenvalue weighted by molar-refractivity contribution is 6.06. The van der Waals surface area contributed by atoms with Crippen LogP contribution in [0.15, 0.2) is 11.3 Å². The van der Waals surface area contributed by atoms with E-state index in [1.807, 2.05) is 0 Å². The maximum Gasteiger partial charge on any atom is 0.460 e. The number of nitrogens with zero attached hydrogens (tertiary/aromatic N) is 1. The van der Waals surface area contributed by atoms with E-state index in [2.05, 4.69) is 9.47 Å². The molecule has 1 aliphatic heterocycles. The van der Waals surface area contributed by atoms with Crippen molar-refractivity contribution in [2.24, 2.45) is 0 Å². The molecule has 0 aromatic rings. The lowest BCUT2D eigenvalue weighted by Gasteiger charge is -2.26. The van der Waals surface area contributed by atoms with Gasteiger partial charge in [0.2, 0.25) is 5.90 Å². The molecule has 1 rings (SSSR count). The van der Waals surface area contributed by atoms with Gasteiger partial charge >= 0.3 is 17.9 Å². The topological polar surface area (TPSA) is 82.9 Å². The molecule has 9 heteroatoms. The summed E-state index contributed by atoms with van der Waals surface area (Å²) >= 11 is 0. The van der Waals surface area contributed by atoms with Crippen LogP contribution in [0.25, 0.3) is 0 Å². The van der Waals surface area contributed by atoms with E-state index in [1.165, 1.54) is 11.8 Å². The molecule has 0 amide bonds. The molecule has 0 aromatic heterocycles. The predicted octanol–water partition coefficient (Wildman–Crippen LogP) is 1.40. The molecule has 21 heavy (non-hydrogen) atoms. The van der Waals surface area contributed by atoms with Crippen LogP contribution in [0.2, 0.25) is 0 Å². The molecular formula is C12H17F3N2O4. The first-order valence-electron chi connectivity index (χ1n) is 6.37. The van der Waals surface area contributed by atoms with Gasteiger partial charge in [0.05, 0.1) is 6.61 Å². The first-order chi connectivity index (χ1) is 9.63. The Bertz CT molecular complexity index is 472. The summed E-state index contributed by atoms with van der Waals surface area (Å²) in [5, 5.41) is 17.3. The molecule has 0 bridgehead atoms. The average molecular weight is 310 g/mol. The number of esters is 1. The third kappa shape index (κ3) is 2.82. The molecule has 1 unspecified atom stereocenters. The summed E-state index contributed by atoms with van der Waals surface area (Å²) in [6, 6.07) is 0. The number of carbonyl (C=O) groups is 1. The van der Waals surface area contributed by atoms with E-state index in [4.69, 9.17) is 5.41 Å². The van der Waals surface area contributed by atoms with Crippen molar-refractivity contribution in [1.29, 1.82) is 5.41 Å². The lowest BCUT2D eigenvalue weighted by molar-refractivity contribution is -0.317. The molecule has 0 saturated carbocycles. The zero-order valence-corrected chi connectivity index (χ0v) is 11.9. The SMILES string of the molecule is CCOC(=O)C1=C(N(CC)CC)C(=N)OC1(O)C(F)(F)F. The molecule has 0 radical (unpaired) electrons. The lowest BCUT2D eigenvalue weighted by atomic mass is 10.0. The van der Waals surface area contributed by atoms with Crippen molar-refractivity contribution >= 4 is 11.9 Å². The van der Waals surface area contributed by atoms with Crippen LogP contribution >= 0.6 is 0 Å². The Morgan fingerprint density at radius 3 is 2.29 bits per heavy atom. The zero-order valence-electron chi connectivity index (χ0n) is 11.9. The summed E-state index contributed by atoms with van der Waals surface area (Å²) in [5.41, 5.74) is -1.51. The summed E-state index contributed by atoms with van der Waals surface area (Å²) in [6.07, 6.45) is -5.28. The van der Waals surface area contributed by atoms with Crippen molar-refractivity contribution in [2.75, 3.05) is 19.7 Å². The minimum Gasteiger partial charge on any atom is -0.462 e. The van der Waals surface area contributed by atoms with Gasteiger partial charge < -0.3 is 19.5 Å². The van der Waals surface area contributed by atoms with Gasteiger partial charge in [-0.25, -0.2) is 4.79 Å². The molecule has 0 saturated heterocycles. The van der Waals surface area contributed by atoms with Crippen molar-refractivity contribution in [3.8, 4) is 0 Å². The van der Waals surface area contributed by atoms with Crippen molar-refractivity contribution in [3.63, 3.8) is 0 Å². The van der Waals surface area contributed by atoms with Crippen LogP contribution in [0.4, 0.5) is 13.2 Å². The highest BCUT2D eigenvalue weighted by atomic mass is 19.4. The Labute approximate surface area is 119 Å². The van der Waals surface area contributed by atoms with Crippen molar-refractivity contribution in [1.82, 2.24) is 4.90 Å². The van der Waals surface area contributed by atoms with Gasteiger partial charge in [-0.15, -0.1) is 0 Å². The van der Waals surface area contributed by atoms with Gasteiger partial charge in [0.25, 0.3) is 0 Å². The van der Waals surface area contributed by atoms with Gasteiger partial charge in [-0.1, -0.05) is 0 Å². The smallest absolute Gasteiger partial charge is 0.460 e. The minimum atomic E-state index is -5.28. The van der Waals surface area contributed by atoms with Crippen LogP contribution in [-0.2, 0) is 14.3 Å². The van der Waals surface area contributed by atoms with Crippen LogP contribution in [0, 0.1) is 5.41 Å². The Balaban J connectivity index is 3.52. The van der Waals surface area contributed by atoms with Crippen LogP contribution in [0.3, 0.4) is 0 Å². The zero-order chi connectivity index (χ0) is 16.4. The molecule has 0 spiro atoms. The summed E-state index contributed by atoms with van der Waals surface area (Å²) in [7, 11) is 0. The monoisotopic (exact) mass is 310 g/mol. The number of hydrogen-bond acceptors (Lipinski definition) is 6. The molecule has 1 heterocycles. The molecule has 1 aliphatic rings. The second kappa shape index (κ2) is 5.92. The Morgan fingerprint density at radius 1 is 1.38 bits per heavy atom. The third-order valence-corrected chi connectivity index (χ3v) is 2.98. The number of carbonyl (C=O) groups excluding carboxylic acids is 1. The lowest BCUT2D eigenvalue weighted by Crippen LogP contribution is -2.49. The fourth-order valence-electron chi connectivity index (χ4n) is 2.00. The van der Waals surface area contributed by atoms with Gasteiger partial charge in [0.15, 0.2) is 0 Å². The van der Waals surface area contributed by atoms with Crippen molar-refractivity contribution < 1.29 is 32.5 Å². The van der Waals surface area contributed by atoms with E-state index >= 15 is 0 Å². The Kier molecular flexibility index (Phi) is 4.87. The van der Waals surface area contributed by atoms with Crippen LogP contribution in [-0.4, -0.2) is 53.5 Å². The number of ether oxygens (including phenoxy) is 2. The number of likely N-dealkylation sites (N-methyl/N-ethyl adjacent to an activating group) is 1. The van der Waals surface area contributed by atoms with Gasteiger partial charge in [-0.2, -0.15) is 13.2 Å². The number of rotatable bonds is 5. The van der Waals surface area contributed by atoms with Gasteiger partial charge in [-0.3, -0.25) is 5.41 Å². The normalized spacial score (nSPS) is 22.3. The van der Waals surface area contributed by atoms with E-state index in [0.29, 0.717) is 0 Å². The minimum absolute atomic E-state index is 0.171. The van der Waals surface area contributed by atoms with Crippen LogP contribution < -0.4 is 0 Å². The van der Waals surface area contributed by atoms with E-state index in [0.717, 1.165) is 0 Å². The van der Waals surface area contributed by atoms with Crippen molar-refractivity contribution in [2.45, 2.75) is 32.7 Å². The van der Waals surface area contributed by atoms with Gasteiger partial charge in [0, 0.05) is 13.1 Å². The maximum absolute atomic E-state index is 13.1. The number of alkyl halides is 3. The predicted molar refractivity (Wildman–Crippen MR) is 66.4 cm³/mol.